The molecule has 0 aliphatic carbocycles. The molecule has 0 bridgehead atoms. The summed E-state index contributed by atoms with van der Waals surface area (Å²) in [5.41, 5.74) is 0. The average Bonchev–Trinajstić information content (AvgIpc) is 3.27. The standard InChI is InChI=1S/C18H31N5O/c1-21-17(14-22-8-2-3-9-22)19-20-18(21)15-4-10-23(11-5-15)16-6-12-24-13-7-16/h15-16H,2-14H2,1H3. The van der Waals surface area contributed by atoms with Gasteiger partial charge in [-0.05, 0) is 64.7 Å². The molecule has 3 fully saturated rings. The van der Waals surface area contributed by atoms with Gasteiger partial charge in [0.1, 0.15) is 11.6 Å². The Morgan fingerprint density at radius 2 is 1.67 bits per heavy atom. The molecule has 4 heterocycles. The van der Waals surface area contributed by atoms with E-state index in [2.05, 4.69) is 31.6 Å². The van der Waals surface area contributed by atoms with Gasteiger partial charge in [0.05, 0.1) is 6.54 Å². The highest BCUT2D eigenvalue weighted by molar-refractivity contribution is 5.04. The molecule has 0 atom stereocenters. The predicted octanol–water partition coefficient (Wildman–Crippen LogP) is 1.77. The van der Waals surface area contributed by atoms with Gasteiger partial charge in [-0.2, -0.15) is 0 Å². The number of hydrogen-bond donors (Lipinski definition) is 0. The Hall–Kier alpha value is -0.980. The zero-order chi connectivity index (χ0) is 16.4. The summed E-state index contributed by atoms with van der Waals surface area (Å²) in [5.74, 6) is 2.92. The lowest BCUT2D eigenvalue weighted by Gasteiger charge is -2.38. The van der Waals surface area contributed by atoms with Gasteiger partial charge in [-0.1, -0.05) is 0 Å². The molecular formula is C18H31N5O. The van der Waals surface area contributed by atoms with Gasteiger partial charge in [-0.15, -0.1) is 10.2 Å². The van der Waals surface area contributed by atoms with Crippen molar-refractivity contribution in [2.75, 3.05) is 39.4 Å². The van der Waals surface area contributed by atoms with Crippen molar-refractivity contribution in [1.82, 2.24) is 24.6 Å². The van der Waals surface area contributed by atoms with Crippen LogP contribution in [0.1, 0.15) is 56.1 Å². The van der Waals surface area contributed by atoms with E-state index in [9.17, 15) is 0 Å². The normalized spacial score (nSPS) is 25.5. The van der Waals surface area contributed by atoms with Crippen LogP contribution < -0.4 is 0 Å². The van der Waals surface area contributed by atoms with Crippen LogP contribution >= 0.6 is 0 Å². The number of piperidine rings is 1. The number of likely N-dealkylation sites (tertiary alicyclic amines) is 2. The van der Waals surface area contributed by atoms with Crippen LogP contribution in [0.5, 0.6) is 0 Å². The highest BCUT2D eigenvalue weighted by atomic mass is 16.5. The van der Waals surface area contributed by atoms with Gasteiger partial charge in [0.15, 0.2) is 0 Å². The maximum absolute atomic E-state index is 5.50. The molecule has 1 aromatic heterocycles. The minimum Gasteiger partial charge on any atom is -0.381 e. The average molecular weight is 333 g/mol. The zero-order valence-corrected chi connectivity index (χ0v) is 15.0. The lowest BCUT2D eigenvalue weighted by molar-refractivity contribution is 0.0247. The Kier molecular flexibility index (Phi) is 5.15. The number of hydrogen-bond acceptors (Lipinski definition) is 5. The fourth-order valence-electron chi connectivity index (χ4n) is 4.58. The second-order valence-electron chi connectivity index (χ2n) is 7.67. The van der Waals surface area contributed by atoms with E-state index in [-0.39, 0.29) is 0 Å². The molecule has 6 nitrogen and oxygen atoms in total. The molecule has 0 aromatic carbocycles. The first-order valence-corrected chi connectivity index (χ1v) is 9.73. The number of nitrogens with zero attached hydrogens (tertiary/aromatic N) is 5. The van der Waals surface area contributed by atoms with Gasteiger partial charge in [0.2, 0.25) is 0 Å². The minimum absolute atomic E-state index is 0.575. The van der Waals surface area contributed by atoms with Gasteiger partial charge in [0, 0.05) is 32.2 Å². The molecule has 0 saturated carbocycles. The highest BCUT2D eigenvalue weighted by Gasteiger charge is 2.29. The van der Waals surface area contributed by atoms with Gasteiger partial charge in [0.25, 0.3) is 0 Å². The van der Waals surface area contributed by atoms with Crippen molar-refractivity contribution in [3.8, 4) is 0 Å². The molecule has 1 aromatic rings. The van der Waals surface area contributed by atoms with Crippen molar-refractivity contribution in [3.63, 3.8) is 0 Å². The van der Waals surface area contributed by atoms with Crippen LogP contribution in [-0.2, 0) is 18.3 Å². The summed E-state index contributed by atoms with van der Waals surface area (Å²) in [6.07, 6.45) is 7.49. The lowest BCUT2D eigenvalue weighted by atomic mass is 9.93. The van der Waals surface area contributed by atoms with Crippen LogP contribution in [0.2, 0.25) is 0 Å². The van der Waals surface area contributed by atoms with E-state index >= 15 is 0 Å². The van der Waals surface area contributed by atoms with E-state index in [0.29, 0.717) is 5.92 Å². The fraction of sp³-hybridized carbons (Fsp3) is 0.889. The third-order valence-electron chi connectivity index (χ3n) is 6.16. The van der Waals surface area contributed by atoms with Crippen molar-refractivity contribution in [1.29, 1.82) is 0 Å². The molecule has 3 saturated heterocycles. The number of rotatable bonds is 4. The second-order valence-corrected chi connectivity index (χ2v) is 7.67. The Morgan fingerprint density at radius 1 is 0.958 bits per heavy atom. The molecule has 6 heteroatoms. The van der Waals surface area contributed by atoms with Crippen molar-refractivity contribution >= 4 is 0 Å². The molecule has 134 valence electrons. The number of aromatic nitrogens is 3. The third kappa shape index (κ3) is 3.51. The molecule has 0 unspecified atom stereocenters. The Bertz CT molecular complexity index is 526. The highest BCUT2D eigenvalue weighted by Crippen LogP contribution is 2.29. The molecule has 3 aliphatic heterocycles. The van der Waals surface area contributed by atoms with Crippen LogP contribution in [0.4, 0.5) is 0 Å². The zero-order valence-electron chi connectivity index (χ0n) is 15.0. The Balaban J connectivity index is 1.34. The topological polar surface area (TPSA) is 46.4 Å². The quantitative estimate of drug-likeness (QED) is 0.840. The fourth-order valence-corrected chi connectivity index (χ4v) is 4.58. The smallest absolute Gasteiger partial charge is 0.146 e. The van der Waals surface area contributed by atoms with Crippen molar-refractivity contribution < 1.29 is 4.74 Å². The largest absolute Gasteiger partial charge is 0.381 e. The summed E-state index contributed by atoms with van der Waals surface area (Å²) in [6, 6.07) is 0.741. The van der Waals surface area contributed by atoms with Gasteiger partial charge >= 0.3 is 0 Å². The van der Waals surface area contributed by atoms with Crippen LogP contribution in [0.25, 0.3) is 0 Å². The van der Waals surface area contributed by atoms with E-state index in [1.54, 1.807) is 0 Å². The van der Waals surface area contributed by atoms with Gasteiger partial charge in [-0.3, -0.25) is 4.90 Å². The summed E-state index contributed by atoms with van der Waals surface area (Å²) in [4.78, 5) is 5.18. The predicted molar refractivity (Wildman–Crippen MR) is 92.9 cm³/mol. The van der Waals surface area contributed by atoms with E-state index in [1.807, 2.05) is 0 Å². The lowest BCUT2D eigenvalue weighted by Crippen LogP contribution is -2.44. The van der Waals surface area contributed by atoms with Gasteiger partial charge < -0.3 is 14.2 Å². The maximum Gasteiger partial charge on any atom is 0.146 e. The molecule has 0 spiro atoms. The summed E-state index contributed by atoms with van der Waals surface area (Å²) in [5, 5.41) is 9.07. The van der Waals surface area contributed by atoms with E-state index in [1.165, 1.54) is 70.5 Å². The maximum atomic E-state index is 5.50. The van der Waals surface area contributed by atoms with Crippen LogP contribution in [-0.4, -0.2) is 70.0 Å². The van der Waals surface area contributed by atoms with Gasteiger partial charge in [-0.25, -0.2) is 0 Å². The molecule has 0 amide bonds. The first-order valence-electron chi connectivity index (χ1n) is 9.73. The molecule has 24 heavy (non-hydrogen) atoms. The molecule has 0 radical (unpaired) electrons. The molecule has 0 N–H and O–H groups in total. The monoisotopic (exact) mass is 333 g/mol. The summed E-state index contributed by atoms with van der Waals surface area (Å²) in [6.45, 7) is 7.66. The molecule has 3 aliphatic rings. The van der Waals surface area contributed by atoms with Crippen molar-refractivity contribution in [2.24, 2.45) is 7.05 Å². The summed E-state index contributed by atoms with van der Waals surface area (Å²) >= 11 is 0. The van der Waals surface area contributed by atoms with Crippen molar-refractivity contribution in [3.05, 3.63) is 11.6 Å². The summed E-state index contributed by atoms with van der Waals surface area (Å²) in [7, 11) is 2.16. The van der Waals surface area contributed by atoms with Crippen LogP contribution in [0, 0.1) is 0 Å². The molecule has 4 rings (SSSR count). The summed E-state index contributed by atoms with van der Waals surface area (Å²) < 4.78 is 7.77. The SMILES string of the molecule is Cn1c(CN2CCCC2)nnc1C1CCN(C2CCOCC2)CC1. The Labute approximate surface area is 145 Å². The van der Waals surface area contributed by atoms with Crippen molar-refractivity contribution in [2.45, 2.75) is 57.0 Å². The van der Waals surface area contributed by atoms with E-state index in [0.717, 1.165) is 31.6 Å². The first kappa shape index (κ1) is 16.5. The minimum atomic E-state index is 0.575. The van der Waals surface area contributed by atoms with Crippen LogP contribution in [0.3, 0.4) is 0 Å². The third-order valence-corrected chi connectivity index (χ3v) is 6.16. The van der Waals surface area contributed by atoms with E-state index in [4.69, 9.17) is 4.74 Å². The Morgan fingerprint density at radius 3 is 2.38 bits per heavy atom. The first-order chi connectivity index (χ1) is 11.8. The molecular weight excluding hydrogens is 302 g/mol. The van der Waals surface area contributed by atoms with Crippen LogP contribution in [0.15, 0.2) is 0 Å². The number of ether oxygens (including phenoxy) is 1. The second kappa shape index (κ2) is 7.50. The van der Waals surface area contributed by atoms with E-state index < -0.39 is 0 Å².